The van der Waals surface area contributed by atoms with Gasteiger partial charge in [-0.25, -0.2) is 5.50 Å². The Kier molecular flexibility index (Phi) is 5.34. The first-order valence-electron chi connectivity index (χ1n) is 8.82. The van der Waals surface area contributed by atoms with Crippen LogP contribution in [0.15, 0.2) is 78.2 Å². The topological polar surface area (TPSA) is 26.0 Å². The zero-order valence-electron chi connectivity index (χ0n) is 14.2. The number of hydrogen-bond donors (Lipinski definition) is 1. The van der Waals surface area contributed by atoms with Gasteiger partial charge in [-0.05, 0) is 35.4 Å². The van der Waals surface area contributed by atoms with Crippen molar-refractivity contribution in [1.82, 2.24) is 0 Å². The lowest BCUT2D eigenvalue weighted by Crippen LogP contribution is -2.24. The van der Waals surface area contributed by atoms with E-state index in [9.17, 15) is 0 Å². The van der Waals surface area contributed by atoms with E-state index in [4.69, 9.17) is 5.50 Å². The van der Waals surface area contributed by atoms with Crippen LogP contribution in [0.5, 0.6) is 0 Å². The van der Waals surface area contributed by atoms with Crippen LogP contribution in [0.2, 0.25) is 0 Å². The average Bonchev–Trinajstić information content (AvgIpc) is 3.15. The minimum Gasteiger partial charge on any atom is -0.202 e. The van der Waals surface area contributed by atoms with Crippen LogP contribution in [0.25, 0.3) is 0 Å². The molecule has 1 aliphatic heterocycles. The fraction of sp³-hybridized carbons (Fsp3) is 0.238. The molecule has 4 unspecified atom stereocenters. The second-order valence-electron chi connectivity index (χ2n) is 6.81. The molecule has 25 heavy (non-hydrogen) atoms. The Hall–Kier alpha value is -1.04. The number of hydrogen-bond acceptors (Lipinski definition) is 2. The summed E-state index contributed by atoms with van der Waals surface area (Å²) in [5, 5.41) is 2.19. The molecule has 4 atom stereocenters. The maximum absolute atomic E-state index is 7.28. The fourth-order valence-electron chi connectivity index (χ4n) is 3.95. The second kappa shape index (κ2) is 7.68. The van der Waals surface area contributed by atoms with E-state index in [0.717, 1.165) is 8.27 Å². The van der Waals surface area contributed by atoms with Crippen molar-refractivity contribution >= 4 is 31.3 Å². The van der Waals surface area contributed by atoms with E-state index in [2.05, 4.69) is 78.2 Å². The molecule has 3 aromatic rings. The molecule has 4 heteroatoms. The first-order chi connectivity index (χ1) is 12.2. The SMILES string of the molecule is N[P+]1(Pc2cccs2)CC(c2ccccc2)CCC1c1ccccc1. The van der Waals surface area contributed by atoms with Crippen LogP contribution in [-0.2, 0) is 0 Å². The molecular formula is C21H24NP2S+. The van der Waals surface area contributed by atoms with Crippen LogP contribution >= 0.6 is 26.7 Å². The maximum Gasteiger partial charge on any atom is 0.112 e. The summed E-state index contributed by atoms with van der Waals surface area (Å²) >= 11 is 1.87. The third-order valence-electron chi connectivity index (χ3n) is 5.16. The third-order valence-corrected chi connectivity index (χ3v) is 13.9. The Bertz CT molecular complexity index is 791. The van der Waals surface area contributed by atoms with E-state index in [0.29, 0.717) is 11.6 Å². The molecule has 0 spiro atoms. The van der Waals surface area contributed by atoms with Gasteiger partial charge in [-0.2, -0.15) is 0 Å². The summed E-state index contributed by atoms with van der Waals surface area (Å²) < 4.78 is 1.48. The largest absolute Gasteiger partial charge is 0.202 e. The van der Waals surface area contributed by atoms with Crippen molar-refractivity contribution in [3.05, 3.63) is 89.3 Å². The molecule has 1 fully saturated rings. The molecule has 0 bridgehead atoms. The molecule has 2 N–H and O–H groups in total. The lowest BCUT2D eigenvalue weighted by atomic mass is 9.93. The molecule has 0 saturated carbocycles. The van der Waals surface area contributed by atoms with E-state index in [1.54, 1.807) is 0 Å². The summed E-state index contributed by atoms with van der Waals surface area (Å²) in [4.78, 5) is 0. The van der Waals surface area contributed by atoms with Crippen molar-refractivity contribution < 1.29 is 0 Å². The lowest BCUT2D eigenvalue weighted by molar-refractivity contribution is 0.595. The van der Waals surface area contributed by atoms with E-state index < -0.39 is 7.10 Å². The maximum atomic E-state index is 7.28. The smallest absolute Gasteiger partial charge is 0.112 e. The summed E-state index contributed by atoms with van der Waals surface area (Å²) in [5.74, 6) is 0.618. The summed E-state index contributed by atoms with van der Waals surface area (Å²) in [6.45, 7) is 0. The quantitative estimate of drug-likeness (QED) is 0.534. The van der Waals surface area contributed by atoms with E-state index in [1.807, 2.05) is 11.3 Å². The first-order valence-corrected chi connectivity index (χ1v) is 13.7. The Balaban J connectivity index is 1.66. The van der Waals surface area contributed by atoms with E-state index in [-0.39, 0.29) is 0 Å². The molecule has 0 aliphatic carbocycles. The van der Waals surface area contributed by atoms with Gasteiger partial charge in [0.25, 0.3) is 0 Å². The van der Waals surface area contributed by atoms with Crippen molar-refractivity contribution in [2.24, 2.45) is 5.50 Å². The molecular weight excluding hydrogens is 360 g/mol. The zero-order chi connectivity index (χ0) is 17.1. The van der Waals surface area contributed by atoms with Crippen molar-refractivity contribution in [3.63, 3.8) is 0 Å². The van der Waals surface area contributed by atoms with Gasteiger partial charge >= 0.3 is 0 Å². The number of nitrogens with two attached hydrogens (primary N) is 1. The van der Waals surface area contributed by atoms with Gasteiger partial charge < -0.3 is 0 Å². The van der Waals surface area contributed by atoms with Gasteiger partial charge in [-0.1, -0.05) is 66.7 Å². The molecule has 2 heterocycles. The van der Waals surface area contributed by atoms with Gasteiger partial charge in [0.2, 0.25) is 0 Å². The molecule has 4 rings (SSSR count). The predicted octanol–water partition coefficient (Wildman–Crippen LogP) is 6.18. The number of rotatable bonds is 4. The number of benzene rings is 2. The minimum atomic E-state index is -1.57. The molecule has 128 valence electrons. The van der Waals surface area contributed by atoms with Crippen LogP contribution < -0.4 is 10.1 Å². The van der Waals surface area contributed by atoms with Crippen molar-refractivity contribution in [2.45, 2.75) is 24.4 Å². The fourth-order valence-corrected chi connectivity index (χ4v) is 14.0. The van der Waals surface area contributed by atoms with Gasteiger partial charge in [-0.15, -0.1) is 11.3 Å². The lowest BCUT2D eigenvalue weighted by Gasteiger charge is -2.38. The van der Waals surface area contributed by atoms with Crippen LogP contribution in [0, 0.1) is 0 Å². The summed E-state index contributed by atoms with van der Waals surface area (Å²) in [6, 6.07) is 26.4. The molecule has 0 radical (unpaired) electrons. The molecule has 2 aromatic carbocycles. The molecule has 0 amide bonds. The summed E-state index contributed by atoms with van der Waals surface area (Å²) in [7, 11) is -0.792. The number of thiophene rings is 1. The average molecular weight is 384 g/mol. The van der Waals surface area contributed by atoms with Gasteiger partial charge in [0.1, 0.15) is 21.0 Å². The summed E-state index contributed by atoms with van der Waals surface area (Å²) in [6.07, 6.45) is 3.64. The predicted molar refractivity (Wildman–Crippen MR) is 116 cm³/mol. The Morgan fingerprint density at radius 3 is 2.16 bits per heavy atom. The van der Waals surface area contributed by atoms with Crippen molar-refractivity contribution in [2.75, 3.05) is 6.16 Å². The molecule has 1 aliphatic rings. The van der Waals surface area contributed by atoms with Crippen LogP contribution in [-0.4, -0.2) is 6.16 Å². The Labute approximate surface area is 156 Å². The second-order valence-corrected chi connectivity index (χ2v) is 14.9. The van der Waals surface area contributed by atoms with Gasteiger partial charge in [0.15, 0.2) is 0 Å². The third kappa shape index (κ3) is 3.88. The van der Waals surface area contributed by atoms with Gasteiger partial charge in [-0.3, -0.25) is 0 Å². The highest BCUT2D eigenvalue weighted by Gasteiger charge is 2.49. The monoisotopic (exact) mass is 384 g/mol. The zero-order valence-corrected chi connectivity index (χ0v) is 16.9. The highest BCUT2D eigenvalue weighted by atomic mass is 32.1. The van der Waals surface area contributed by atoms with E-state index >= 15 is 0 Å². The molecule has 1 saturated heterocycles. The molecule has 1 nitrogen and oxygen atoms in total. The molecule has 1 aromatic heterocycles. The standard InChI is InChI=1S/C21H24NP2S/c22-24(23-21-12-7-15-25-21)16-19(17-8-3-1-4-9-17)13-14-20(24)18-10-5-2-6-11-18/h1-12,15,19-20,23H,13-14,16,22H2/q+1. The van der Waals surface area contributed by atoms with Gasteiger partial charge in [0.05, 0.1) is 10.8 Å². The highest BCUT2D eigenvalue weighted by Crippen LogP contribution is 2.80. The first kappa shape index (κ1) is 17.4. The summed E-state index contributed by atoms with van der Waals surface area (Å²) in [5.41, 5.74) is 10.8. The highest BCUT2D eigenvalue weighted by molar-refractivity contribution is 8.33. The van der Waals surface area contributed by atoms with Crippen LogP contribution in [0.1, 0.15) is 35.5 Å². The van der Waals surface area contributed by atoms with Crippen molar-refractivity contribution in [3.8, 4) is 0 Å². The Morgan fingerprint density at radius 1 is 0.840 bits per heavy atom. The van der Waals surface area contributed by atoms with Crippen LogP contribution in [0.3, 0.4) is 0 Å². The van der Waals surface area contributed by atoms with E-state index in [1.165, 1.54) is 34.7 Å². The van der Waals surface area contributed by atoms with Crippen LogP contribution in [0.4, 0.5) is 0 Å². The normalized spacial score (nSPS) is 26.9. The van der Waals surface area contributed by atoms with Crippen molar-refractivity contribution in [1.29, 1.82) is 0 Å². The minimum absolute atomic E-state index is 0.550. The van der Waals surface area contributed by atoms with Gasteiger partial charge in [0, 0.05) is 5.92 Å². The Morgan fingerprint density at radius 2 is 1.52 bits per heavy atom.